The van der Waals surface area contributed by atoms with E-state index in [4.69, 9.17) is 4.74 Å². The number of carbonyl (C=O) groups is 1. The van der Waals surface area contributed by atoms with E-state index in [9.17, 15) is 4.79 Å². The molecule has 0 bridgehead atoms. The fourth-order valence-electron chi connectivity index (χ4n) is 3.78. The molecule has 2 fully saturated rings. The van der Waals surface area contributed by atoms with Crippen LogP contribution in [0, 0.1) is 5.92 Å². The number of likely N-dealkylation sites (N-methyl/N-ethyl adjacent to an activating group) is 1. The largest absolute Gasteiger partial charge is 0.444 e. The maximum absolute atomic E-state index is 12.0. The lowest BCUT2D eigenvalue weighted by atomic mass is 9.83. The van der Waals surface area contributed by atoms with Crippen molar-refractivity contribution in [2.45, 2.75) is 77.0 Å². The SMILES string of the molecule is CN1CCC(NC(CNC(=O)OC(C)(C)C)C2CCCCC2)C1. The molecule has 0 aromatic carbocycles. The van der Waals surface area contributed by atoms with Crippen LogP contribution in [0.5, 0.6) is 0 Å². The molecule has 2 aliphatic rings. The molecule has 1 aliphatic carbocycles. The number of rotatable bonds is 5. The van der Waals surface area contributed by atoms with Gasteiger partial charge < -0.3 is 20.3 Å². The zero-order valence-electron chi connectivity index (χ0n) is 15.4. The van der Waals surface area contributed by atoms with Crippen molar-refractivity contribution in [2.75, 3.05) is 26.7 Å². The molecular weight excluding hydrogens is 290 g/mol. The van der Waals surface area contributed by atoms with E-state index in [-0.39, 0.29) is 6.09 Å². The molecule has 1 aliphatic heterocycles. The van der Waals surface area contributed by atoms with Gasteiger partial charge in [0, 0.05) is 25.2 Å². The summed E-state index contributed by atoms with van der Waals surface area (Å²) in [6, 6.07) is 0.909. The third kappa shape index (κ3) is 6.68. The van der Waals surface area contributed by atoms with E-state index in [1.807, 2.05) is 20.8 Å². The molecule has 0 radical (unpaired) electrons. The van der Waals surface area contributed by atoms with Gasteiger partial charge in [0.15, 0.2) is 0 Å². The van der Waals surface area contributed by atoms with Gasteiger partial charge in [-0.15, -0.1) is 0 Å². The number of nitrogens with one attached hydrogen (secondary N) is 2. The Morgan fingerprint density at radius 3 is 2.48 bits per heavy atom. The van der Waals surface area contributed by atoms with Gasteiger partial charge in [-0.25, -0.2) is 4.79 Å². The summed E-state index contributed by atoms with van der Waals surface area (Å²) >= 11 is 0. The molecule has 0 spiro atoms. The first-order chi connectivity index (χ1) is 10.8. The number of nitrogens with zero attached hydrogens (tertiary/aromatic N) is 1. The van der Waals surface area contributed by atoms with E-state index in [1.54, 1.807) is 0 Å². The fraction of sp³-hybridized carbons (Fsp3) is 0.944. The maximum Gasteiger partial charge on any atom is 0.407 e. The molecule has 2 unspecified atom stereocenters. The van der Waals surface area contributed by atoms with Crippen LogP contribution in [0.15, 0.2) is 0 Å². The van der Waals surface area contributed by atoms with Crippen molar-refractivity contribution < 1.29 is 9.53 Å². The molecule has 1 amide bonds. The Hall–Kier alpha value is -0.810. The minimum absolute atomic E-state index is 0.302. The molecule has 0 aromatic rings. The number of likely N-dealkylation sites (tertiary alicyclic amines) is 1. The molecule has 134 valence electrons. The average molecular weight is 325 g/mol. The quantitative estimate of drug-likeness (QED) is 0.816. The van der Waals surface area contributed by atoms with Crippen LogP contribution < -0.4 is 10.6 Å². The molecule has 1 heterocycles. The molecule has 23 heavy (non-hydrogen) atoms. The van der Waals surface area contributed by atoms with Crippen LogP contribution in [-0.2, 0) is 4.74 Å². The molecule has 0 aromatic heterocycles. The minimum atomic E-state index is -0.438. The van der Waals surface area contributed by atoms with E-state index in [2.05, 4.69) is 22.6 Å². The number of hydrogen-bond donors (Lipinski definition) is 2. The zero-order chi connectivity index (χ0) is 16.9. The lowest BCUT2D eigenvalue weighted by molar-refractivity contribution is 0.0514. The number of ether oxygens (including phenoxy) is 1. The summed E-state index contributed by atoms with van der Waals surface area (Å²) in [5, 5.41) is 6.81. The van der Waals surface area contributed by atoms with Crippen LogP contribution in [0.2, 0.25) is 0 Å². The van der Waals surface area contributed by atoms with Gasteiger partial charge in [-0.2, -0.15) is 0 Å². The van der Waals surface area contributed by atoms with Crippen molar-refractivity contribution in [3.63, 3.8) is 0 Å². The minimum Gasteiger partial charge on any atom is -0.444 e. The lowest BCUT2D eigenvalue weighted by Crippen LogP contribution is -2.51. The van der Waals surface area contributed by atoms with E-state index in [0.717, 1.165) is 13.1 Å². The monoisotopic (exact) mass is 325 g/mol. The van der Waals surface area contributed by atoms with E-state index in [0.29, 0.717) is 24.5 Å². The Morgan fingerprint density at radius 2 is 1.91 bits per heavy atom. The Labute approximate surface area is 141 Å². The van der Waals surface area contributed by atoms with Gasteiger partial charge >= 0.3 is 6.09 Å². The topological polar surface area (TPSA) is 53.6 Å². The molecule has 1 saturated carbocycles. The van der Waals surface area contributed by atoms with Crippen LogP contribution >= 0.6 is 0 Å². The van der Waals surface area contributed by atoms with Gasteiger partial charge in [0.05, 0.1) is 0 Å². The Kier molecular flexibility index (Phi) is 6.72. The average Bonchev–Trinajstić information content (AvgIpc) is 2.88. The van der Waals surface area contributed by atoms with Crippen molar-refractivity contribution in [2.24, 2.45) is 5.92 Å². The lowest BCUT2D eigenvalue weighted by Gasteiger charge is -2.33. The highest BCUT2D eigenvalue weighted by molar-refractivity contribution is 5.67. The summed E-state index contributed by atoms with van der Waals surface area (Å²) in [4.78, 5) is 14.3. The van der Waals surface area contributed by atoms with Crippen molar-refractivity contribution in [3.05, 3.63) is 0 Å². The standard InChI is InChI=1S/C18H35N3O2/c1-18(2,3)23-17(22)19-12-16(14-8-6-5-7-9-14)20-15-10-11-21(4)13-15/h14-16,20H,5-13H2,1-4H3,(H,19,22). The Bertz CT molecular complexity index is 375. The van der Waals surface area contributed by atoms with Crippen LogP contribution in [0.1, 0.15) is 59.3 Å². The third-order valence-electron chi connectivity index (χ3n) is 4.93. The normalized spacial score (nSPS) is 25.3. The van der Waals surface area contributed by atoms with Gasteiger partial charge in [-0.3, -0.25) is 0 Å². The Balaban J connectivity index is 1.86. The molecule has 5 heteroatoms. The van der Waals surface area contributed by atoms with Gasteiger partial charge in [0.1, 0.15) is 5.60 Å². The molecule has 5 nitrogen and oxygen atoms in total. The van der Waals surface area contributed by atoms with Crippen LogP contribution in [-0.4, -0.2) is 55.4 Å². The van der Waals surface area contributed by atoms with E-state index >= 15 is 0 Å². The number of carbonyl (C=O) groups excluding carboxylic acids is 1. The predicted molar refractivity (Wildman–Crippen MR) is 93.6 cm³/mol. The number of hydrogen-bond acceptors (Lipinski definition) is 4. The molecule has 2 rings (SSSR count). The fourth-order valence-corrected chi connectivity index (χ4v) is 3.78. The Morgan fingerprint density at radius 1 is 1.22 bits per heavy atom. The predicted octanol–water partition coefficient (Wildman–Crippen LogP) is 2.75. The molecule has 2 N–H and O–H groups in total. The summed E-state index contributed by atoms with van der Waals surface area (Å²) in [6.45, 7) is 8.64. The highest BCUT2D eigenvalue weighted by Crippen LogP contribution is 2.27. The third-order valence-corrected chi connectivity index (χ3v) is 4.93. The van der Waals surface area contributed by atoms with Gasteiger partial charge in [0.25, 0.3) is 0 Å². The second-order valence-electron chi connectivity index (χ2n) is 8.30. The van der Waals surface area contributed by atoms with Crippen molar-refractivity contribution in [1.82, 2.24) is 15.5 Å². The van der Waals surface area contributed by atoms with Gasteiger partial charge in [-0.1, -0.05) is 19.3 Å². The molecule has 1 saturated heterocycles. The first kappa shape index (κ1) is 18.5. The van der Waals surface area contributed by atoms with Crippen molar-refractivity contribution >= 4 is 6.09 Å². The highest BCUT2D eigenvalue weighted by Gasteiger charge is 2.29. The maximum atomic E-state index is 12.0. The van der Waals surface area contributed by atoms with Crippen molar-refractivity contribution in [1.29, 1.82) is 0 Å². The summed E-state index contributed by atoms with van der Waals surface area (Å²) < 4.78 is 5.38. The van der Waals surface area contributed by atoms with Crippen molar-refractivity contribution in [3.8, 4) is 0 Å². The van der Waals surface area contributed by atoms with E-state index < -0.39 is 5.60 Å². The summed E-state index contributed by atoms with van der Waals surface area (Å²) in [7, 11) is 2.18. The zero-order valence-corrected chi connectivity index (χ0v) is 15.4. The number of amides is 1. The number of alkyl carbamates (subject to hydrolysis) is 1. The van der Waals surface area contributed by atoms with Crippen LogP contribution in [0.4, 0.5) is 4.79 Å². The first-order valence-electron chi connectivity index (χ1n) is 9.25. The highest BCUT2D eigenvalue weighted by atomic mass is 16.6. The second kappa shape index (κ2) is 8.34. The second-order valence-corrected chi connectivity index (χ2v) is 8.30. The molecular formula is C18H35N3O2. The summed E-state index contributed by atoms with van der Waals surface area (Å²) in [5.74, 6) is 0.671. The first-order valence-corrected chi connectivity index (χ1v) is 9.25. The van der Waals surface area contributed by atoms with Gasteiger partial charge in [-0.05, 0) is 59.5 Å². The van der Waals surface area contributed by atoms with E-state index in [1.165, 1.54) is 38.5 Å². The van der Waals surface area contributed by atoms with Gasteiger partial charge in [0.2, 0.25) is 0 Å². The van der Waals surface area contributed by atoms with Crippen LogP contribution in [0.25, 0.3) is 0 Å². The van der Waals surface area contributed by atoms with Crippen LogP contribution in [0.3, 0.4) is 0 Å². The summed E-state index contributed by atoms with van der Waals surface area (Å²) in [6.07, 6.45) is 7.44. The molecule has 2 atom stereocenters. The smallest absolute Gasteiger partial charge is 0.407 e. The summed E-state index contributed by atoms with van der Waals surface area (Å²) in [5.41, 5.74) is -0.438.